The van der Waals surface area contributed by atoms with Crippen molar-refractivity contribution in [1.29, 1.82) is 0 Å². The molecular weight excluding hydrogens is 249 g/mol. The van der Waals surface area contributed by atoms with Crippen LogP contribution in [0.3, 0.4) is 0 Å². The molecule has 0 aliphatic rings. The lowest BCUT2D eigenvalue weighted by Gasteiger charge is -2.16. The van der Waals surface area contributed by atoms with Gasteiger partial charge in [-0.3, -0.25) is 0 Å². The van der Waals surface area contributed by atoms with Crippen molar-refractivity contribution < 1.29 is 4.39 Å². The molecule has 0 saturated carbocycles. The Balaban J connectivity index is 2.28. The fraction of sp³-hybridized carbons (Fsp3) is 0.308. The Morgan fingerprint density at radius 2 is 2.33 bits per heavy atom. The monoisotopic (exact) mass is 265 g/mol. The lowest BCUT2D eigenvalue weighted by atomic mass is 10.1. The van der Waals surface area contributed by atoms with E-state index < -0.39 is 0 Å². The minimum atomic E-state index is -0.210. The number of imidazole rings is 1. The highest BCUT2D eigenvalue weighted by Gasteiger charge is 2.12. The van der Waals surface area contributed by atoms with E-state index in [2.05, 4.69) is 15.3 Å². The molecule has 96 valence electrons. The van der Waals surface area contributed by atoms with Crippen molar-refractivity contribution in [2.45, 2.75) is 29.9 Å². The normalized spacial score (nSPS) is 12.6. The van der Waals surface area contributed by atoms with Crippen molar-refractivity contribution in [3.05, 3.63) is 42.0 Å². The molecule has 1 heterocycles. The molecule has 1 unspecified atom stereocenters. The molecule has 1 aromatic carbocycles. The van der Waals surface area contributed by atoms with Crippen LogP contribution in [0.2, 0.25) is 0 Å². The van der Waals surface area contributed by atoms with Gasteiger partial charge in [-0.05, 0) is 37.2 Å². The molecule has 1 aromatic heterocycles. The third kappa shape index (κ3) is 3.11. The minimum absolute atomic E-state index is 0.114. The van der Waals surface area contributed by atoms with Gasteiger partial charge >= 0.3 is 0 Å². The largest absolute Gasteiger partial charge is 0.339 e. The summed E-state index contributed by atoms with van der Waals surface area (Å²) in [6.07, 6.45) is 3.48. The Hall–Kier alpha value is -1.33. The van der Waals surface area contributed by atoms with Crippen LogP contribution in [0, 0.1) is 5.82 Å². The second-order valence-electron chi connectivity index (χ2n) is 3.96. The summed E-state index contributed by atoms with van der Waals surface area (Å²) in [6.45, 7) is 4.92. The number of halogens is 1. The van der Waals surface area contributed by atoms with Crippen LogP contribution >= 0.6 is 11.8 Å². The zero-order chi connectivity index (χ0) is 13.0. The average molecular weight is 265 g/mol. The molecule has 0 bridgehead atoms. The van der Waals surface area contributed by atoms with E-state index in [1.54, 1.807) is 24.5 Å². The van der Waals surface area contributed by atoms with Gasteiger partial charge in [-0.1, -0.05) is 18.7 Å². The van der Waals surface area contributed by atoms with Gasteiger partial charge in [-0.2, -0.15) is 0 Å². The van der Waals surface area contributed by atoms with Crippen molar-refractivity contribution in [1.82, 2.24) is 15.3 Å². The Labute approximate surface area is 110 Å². The number of rotatable bonds is 5. The Morgan fingerprint density at radius 3 is 3.00 bits per heavy atom. The fourth-order valence-corrected chi connectivity index (χ4v) is 2.72. The first kappa shape index (κ1) is 13.1. The molecule has 3 nitrogen and oxygen atoms in total. The van der Waals surface area contributed by atoms with E-state index in [9.17, 15) is 4.39 Å². The summed E-state index contributed by atoms with van der Waals surface area (Å²) in [5, 5.41) is 4.11. The maximum Gasteiger partial charge on any atom is 0.170 e. The van der Waals surface area contributed by atoms with Crippen molar-refractivity contribution in [2.24, 2.45) is 0 Å². The molecule has 2 N–H and O–H groups in total. The van der Waals surface area contributed by atoms with Crippen molar-refractivity contribution in [3.8, 4) is 0 Å². The molecule has 2 aromatic rings. The van der Waals surface area contributed by atoms with Gasteiger partial charge in [0.05, 0.1) is 0 Å². The van der Waals surface area contributed by atoms with E-state index in [0.29, 0.717) is 0 Å². The van der Waals surface area contributed by atoms with Gasteiger partial charge in [0, 0.05) is 23.3 Å². The molecule has 2 rings (SSSR count). The molecule has 0 aliphatic carbocycles. The summed E-state index contributed by atoms with van der Waals surface area (Å²) >= 11 is 1.51. The highest BCUT2D eigenvalue weighted by atomic mass is 32.2. The first-order chi connectivity index (χ1) is 8.70. The third-order valence-electron chi connectivity index (χ3n) is 2.63. The first-order valence-corrected chi connectivity index (χ1v) is 6.72. The van der Waals surface area contributed by atoms with Crippen LogP contribution in [0.1, 0.15) is 25.5 Å². The number of aromatic amines is 1. The molecule has 0 aliphatic heterocycles. The average Bonchev–Trinajstić information content (AvgIpc) is 2.84. The third-order valence-corrected chi connectivity index (χ3v) is 3.64. The SMILES string of the molecule is CCNC(C)c1cc(F)ccc1Sc1ncc[nH]1. The van der Waals surface area contributed by atoms with Crippen LogP contribution in [-0.4, -0.2) is 16.5 Å². The van der Waals surface area contributed by atoms with Gasteiger partial charge in [-0.25, -0.2) is 9.37 Å². The van der Waals surface area contributed by atoms with E-state index in [1.165, 1.54) is 17.8 Å². The lowest BCUT2D eigenvalue weighted by molar-refractivity contribution is 0.574. The topological polar surface area (TPSA) is 40.7 Å². The summed E-state index contributed by atoms with van der Waals surface area (Å²) in [5.41, 5.74) is 0.957. The van der Waals surface area contributed by atoms with Crippen LogP contribution in [-0.2, 0) is 0 Å². The molecule has 0 radical (unpaired) electrons. The Kier molecular flexibility index (Phi) is 4.38. The molecule has 0 spiro atoms. The van der Waals surface area contributed by atoms with E-state index in [1.807, 2.05) is 13.8 Å². The highest BCUT2D eigenvalue weighted by Crippen LogP contribution is 2.31. The van der Waals surface area contributed by atoms with Gasteiger partial charge in [0.15, 0.2) is 5.16 Å². The summed E-state index contributed by atoms with van der Waals surface area (Å²) in [5.74, 6) is -0.210. The maximum atomic E-state index is 13.4. The fourth-order valence-electron chi connectivity index (χ4n) is 1.78. The quantitative estimate of drug-likeness (QED) is 0.871. The number of hydrogen-bond acceptors (Lipinski definition) is 3. The number of H-pyrrole nitrogens is 1. The van der Waals surface area contributed by atoms with Crippen LogP contribution in [0.15, 0.2) is 40.6 Å². The molecule has 0 amide bonds. The first-order valence-electron chi connectivity index (χ1n) is 5.90. The number of nitrogens with zero attached hydrogens (tertiary/aromatic N) is 1. The number of hydrogen-bond donors (Lipinski definition) is 2. The summed E-state index contributed by atoms with van der Waals surface area (Å²) < 4.78 is 13.4. The van der Waals surface area contributed by atoms with Gasteiger partial charge in [0.2, 0.25) is 0 Å². The van der Waals surface area contributed by atoms with Crippen molar-refractivity contribution >= 4 is 11.8 Å². The van der Waals surface area contributed by atoms with E-state index in [-0.39, 0.29) is 11.9 Å². The van der Waals surface area contributed by atoms with Gasteiger partial charge in [-0.15, -0.1) is 0 Å². The van der Waals surface area contributed by atoms with E-state index in [0.717, 1.165) is 22.2 Å². The minimum Gasteiger partial charge on any atom is -0.339 e. The van der Waals surface area contributed by atoms with E-state index in [4.69, 9.17) is 0 Å². The summed E-state index contributed by atoms with van der Waals surface area (Å²) in [4.78, 5) is 8.22. The second kappa shape index (κ2) is 6.02. The Bertz CT molecular complexity index is 499. The molecule has 0 saturated heterocycles. The Morgan fingerprint density at radius 1 is 1.50 bits per heavy atom. The molecule has 1 atom stereocenters. The van der Waals surface area contributed by atoms with Crippen LogP contribution in [0.5, 0.6) is 0 Å². The number of aromatic nitrogens is 2. The zero-order valence-electron chi connectivity index (χ0n) is 10.4. The molecule has 5 heteroatoms. The van der Waals surface area contributed by atoms with Crippen molar-refractivity contribution in [3.63, 3.8) is 0 Å². The summed E-state index contributed by atoms with van der Waals surface area (Å²) in [6, 6.07) is 4.97. The molecule has 0 fully saturated rings. The van der Waals surface area contributed by atoms with Crippen molar-refractivity contribution in [2.75, 3.05) is 6.54 Å². The van der Waals surface area contributed by atoms with Crippen LogP contribution < -0.4 is 5.32 Å². The lowest BCUT2D eigenvalue weighted by Crippen LogP contribution is -2.18. The van der Waals surface area contributed by atoms with Gasteiger partial charge in [0.25, 0.3) is 0 Å². The summed E-state index contributed by atoms with van der Waals surface area (Å²) in [7, 11) is 0. The molecular formula is C13H16FN3S. The van der Waals surface area contributed by atoms with Gasteiger partial charge < -0.3 is 10.3 Å². The number of nitrogens with one attached hydrogen (secondary N) is 2. The smallest absolute Gasteiger partial charge is 0.170 e. The standard InChI is InChI=1S/C13H16FN3S/c1-3-15-9(2)11-8-10(14)4-5-12(11)18-13-16-6-7-17-13/h4-9,15H,3H2,1-2H3,(H,16,17). The number of benzene rings is 1. The zero-order valence-corrected chi connectivity index (χ0v) is 11.2. The predicted molar refractivity (Wildman–Crippen MR) is 71.2 cm³/mol. The van der Waals surface area contributed by atoms with Gasteiger partial charge in [0.1, 0.15) is 5.82 Å². The van der Waals surface area contributed by atoms with E-state index >= 15 is 0 Å². The van der Waals surface area contributed by atoms with Crippen LogP contribution in [0.25, 0.3) is 0 Å². The predicted octanol–water partition coefficient (Wildman–Crippen LogP) is 3.37. The second-order valence-corrected chi connectivity index (χ2v) is 4.99. The maximum absolute atomic E-state index is 13.4. The molecule has 18 heavy (non-hydrogen) atoms. The highest BCUT2D eigenvalue weighted by molar-refractivity contribution is 7.99. The van der Waals surface area contributed by atoms with Crippen LogP contribution in [0.4, 0.5) is 4.39 Å².